The van der Waals surface area contributed by atoms with Crippen LogP contribution in [0, 0.1) is 0 Å². The number of nitrogens with zero attached hydrogens (tertiary/aromatic N) is 1. The summed E-state index contributed by atoms with van der Waals surface area (Å²) in [5.41, 5.74) is 0. The largest absolute Gasteiger partial charge is 0.454 e. The molecule has 0 unspecified atom stereocenters. The second kappa shape index (κ2) is 6.50. The lowest BCUT2D eigenvalue weighted by molar-refractivity contribution is -0.161. The third-order valence-corrected chi connectivity index (χ3v) is 2.22. The monoisotopic (exact) mass is 285 g/mol. The number of carbonyl (C=O) groups excluding carboxylic acids is 2. The predicted octanol–water partition coefficient (Wildman–Crippen LogP) is 0.804. The lowest BCUT2D eigenvalue weighted by Crippen LogP contribution is -2.44. The first-order valence-corrected chi connectivity index (χ1v) is 5.29. The van der Waals surface area contributed by atoms with Gasteiger partial charge in [0.1, 0.15) is 6.61 Å². The third kappa shape index (κ3) is 4.86. The number of morpholine rings is 1. The van der Waals surface area contributed by atoms with Gasteiger partial charge >= 0.3 is 18.1 Å². The minimum atomic E-state index is -5.12. The second-order valence-corrected chi connectivity index (χ2v) is 3.55. The van der Waals surface area contributed by atoms with Crippen LogP contribution >= 0.6 is 0 Å². The molecule has 1 heterocycles. The van der Waals surface area contributed by atoms with Crippen molar-refractivity contribution in [2.75, 3.05) is 32.9 Å². The molecule has 19 heavy (non-hydrogen) atoms. The summed E-state index contributed by atoms with van der Waals surface area (Å²) < 4.78 is 56.8. The van der Waals surface area contributed by atoms with Crippen LogP contribution in [-0.4, -0.2) is 55.9 Å². The number of hydrogen-bond acceptors (Lipinski definition) is 4. The summed E-state index contributed by atoms with van der Waals surface area (Å²) in [7, 11) is 0. The van der Waals surface area contributed by atoms with Crippen molar-refractivity contribution in [3.05, 3.63) is 11.9 Å². The lowest BCUT2D eigenvalue weighted by atomic mass is 10.4. The molecule has 9 heteroatoms. The molecule has 0 aromatic carbocycles. The highest BCUT2D eigenvalue weighted by Crippen LogP contribution is 2.25. The van der Waals surface area contributed by atoms with Crippen LogP contribution in [0.25, 0.3) is 0 Å². The smallest absolute Gasteiger partial charge is 0.442 e. The van der Waals surface area contributed by atoms with Crippen molar-refractivity contribution in [3.8, 4) is 0 Å². The molecule has 0 saturated carbocycles. The Hall–Kier alpha value is -1.64. The van der Waals surface area contributed by atoms with Gasteiger partial charge in [-0.2, -0.15) is 13.2 Å². The fourth-order valence-electron chi connectivity index (χ4n) is 1.26. The molecule has 0 aliphatic carbocycles. The zero-order chi connectivity index (χ0) is 14.5. The Balaban J connectivity index is 2.41. The highest BCUT2D eigenvalue weighted by Gasteiger charge is 2.34. The maximum atomic E-state index is 12.3. The van der Waals surface area contributed by atoms with Crippen LogP contribution in [0.3, 0.4) is 0 Å². The summed E-state index contributed by atoms with van der Waals surface area (Å²) in [6, 6.07) is 0. The Morgan fingerprint density at radius 2 is 1.84 bits per heavy atom. The van der Waals surface area contributed by atoms with E-state index in [1.54, 1.807) is 0 Å². The van der Waals surface area contributed by atoms with Gasteiger partial charge in [-0.1, -0.05) is 0 Å². The quantitative estimate of drug-likeness (QED) is 0.428. The van der Waals surface area contributed by atoms with Gasteiger partial charge in [0.15, 0.2) is 0 Å². The molecule has 5 nitrogen and oxygen atoms in total. The number of esters is 1. The molecule has 1 saturated heterocycles. The molecule has 0 N–H and O–H groups in total. The fraction of sp³-hybridized carbons (Fsp3) is 0.600. The number of alkyl halides is 3. The molecule has 0 radical (unpaired) electrons. The van der Waals surface area contributed by atoms with E-state index < -0.39 is 30.5 Å². The normalized spacial score (nSPS) is 17.3. The number of ether oxygens (including phenoxy) is 2. The van der Waals surface area contributed by atoms with Crippen molar-refractivity contribution in [3.63, 3.8) is 0 Å². The lowest BCUT2D eigenvalue weighted by Gasteiger charge is -2.25. The van der Waals surface area contributed by atoms with Crippen molar-refractivity contribution in [2.24, 2.45) is 0 Å². The number of rotatable bonds is 2. The van der Waals surface area contributed by atoms with E-state index in [1.165, 1.54) is 0 Å². The van der Waals surface area contributed by atoms with Crippen LogP contribution in [-0.2, 0) is 19.1 Å². The minimum absolute atomic E-state index is 0.0461. The van der Waals surface area contributed by atoms with Gasteiger partial charge < -0.3 is 14.4 Å². The van der Waals surface area contributed by atoms with Crippen molar-refractivity contribution in [2.45, 2.75) is 6.18 Å². The van der Waals surface area contributed by atoms with Gasteiger partial charge in [-0.05, 0) is 6.08 Å². The van der Waals surface area contributed by atoms with E-state index >= 15 is 0 Å². The number of halogens is 4. The average molecular weight is 285 g/mol. The van der Waals surface area contributed by atoms with E-state index in [9.17, 15) is 27.2 Å². The molecule has 108 valence electrons. The van der Waals surface area contributed by atoms with Crippen LogP contribution < -0.4 is 0 Å². The van der Waals surface area contributed by atoms with Gasteiger partial charge in [-0.3, -0.25) is 4.79 Å². The maximum Gasteiger partial charge on any atom is 0.442 e. The number of carbonyl (C=O) groups is 2. The molecule has 0 spiro atoms. The number of hydrogen-bond donors (Lipinski definition) is 0. The molecular formula is C10H11F4NO4. The Kier molecular flexibility index (Phi) is 5.28. The molecule has 0 aromatic rings. The van der Waals surface area contributed by atoms with Gasteiger partial charge in [0, 0.05) is 13.1 Å². The second-order valence-electron chi connectivity index (χ2n) is 3.55. The first kappa shape index (κ1) is 15.4. The summed E-state index contributed by atoms with van der Waals surface area (Å²) in [6.07, 6.45) is -5.08. The van der Waals surface area contributed by atoms with E-state index in [-0.39, 0.29) is 32.4 Å². The van der Waals surface area contributed by atoms with E-state index in [0.717, 1.165) is 4.90 Å². The molecule has 0 atom stereocenters. The molecule has 1 rings (SSSR count). The van der Waals surface area contributed by atoms with Gasteiger partial charge in [-0.25, -0.2) is 9.18 Å². The molecule has 1 fully saturated rings. The molecule has 0 aromatic heterocycles. The van der Waals surface area contributed by atoms with Crippen molar-refractivity contribution in [1.29, 1.82) is 0 Å². The first-order valence-electron chi connectivity index (χ1n) is 5.29. The van der Waals surface area contributed by atoms with Gasteiger partial charge in [0.05, 0.1) is 13.2 Å². The first-order chi connectivity index (χ1) is 8.82. The summed E-state index contributed by atoms with van der Waals surface area (Å²) in [5, 5.41) is 0. The van der Waals surface area contributed by atoms with Crippen LogP contribution in [0.15, 0.2) is 11.9 Å². The van der Waals surface area contributed by atoms with Crippen LogP contribution in [0.2, 0.25) is 0 Å². The Labute approximate surface area is 105 Å². The van der Waals surface area contributed by atoms with E-state index in [0.29, 0.717) is 0 Å². The molecule has 1 aliphatic heterocycles. The van der Waals surface area contributed by atoms with E-state index in [2.05, 4.69) is 4.74 Å². The summed E-state index contributed by atoms with van der Waals surface area (Å²) in [6.45, 7) is -0.0368. The highest BCUT2D eigenvalue weighted by molar-refractivity contribution is 6.32. The van der Waals surface area contributed by atoms with Crippen LogP contribution in [0.5, 0.6) is 0 Å². The van der Waals surface area contributed by atoms with Gasteiger partial charge in [-0.15, -0.1) is 0 Å². The topological polar surface area (TPSA) is 55.8 Å². The minimum Gasteiger partial charge on any atom is -0.454 e. The SMILES string of the molecule is O=C(OC/C=C(\F)C(F)(F)F)C(=O)N1CCOCC1. The summed E-state index contributed by atoms with van der Waals surface area (Å²) >= 11 is 0. The van der Waals surface area contributed by atoms with E-state index in [4.69, 9.17) is 4.74 Å². The van der Waals surface area contributed by atoms with Crippen LogP contribution in [0.4, 0.5) is 17.6 Å². The molecular weight excluding hydrogens is 274 g/mol. The highest BCUT2D eigenvalue weighted by atomic mass is 19.4. The predicted molar refractivity (Wildman–Crippen MR) is 53.6 cm³/mol. The standard InChI is InChI=1S/C10H11F4NO4/c11-7(10(12,13)14)1-4-19-9(17)8(16)15-2-5-18-6-3-15/h1H,2-6H2/b7-1-. The van der Waals surface area contributed by atoms with Gasteiger partial charge in [0.2, 0.25) is 5.83 Å². The Morgan fingerprint density at radius 1 is 1.26 bits per heavy atom. The van der Waals surface area contributed by atoms with E-state index in [1.807, 2.05) is 0 Å². The zero-order valence-electron chi connectivity index (χ0n) is 9.70. The Bertz CT molecular complexity index is 374. The average Bonchev–Trinajstić information content (AvgIpc) is 2.37. The summed E-state index contributed by atoms with van der Waals surface area (Å²) in [5.74, 6) is -4.68. The zero-order valence-corrected chi connectivity index (χ0v) is 9.70. The maximum absolute atomic E-state index is 12.3. The number of allylic oxidation sites excluding steroid dienone is 1. The summed E-state index contributed by atoms with van der Waals surface area (Å²) in [4.78, 5) is 23.8. The molecule has 0 bridgehead atoms. The number of amides is 1. The molecule has 1 amide bonds. The molecule has 1 aliphatic rings. The van der Waals surface area contributed by atoms with Crippen molar-refractivity contribution >= 4 is 11.9 Å². The van der Waals surface area contributed by atoms with Crippen molar-refractivity contribution in [1.82, 2.24) is 4.90 Å². The van der Waals surface area contributed by atoms with Crippen LogP contribution in [0.1, 0.15) is 0 Å². The third-order valence-electron chi connectivity index (χ3n) is 2.22. The van der Waals surface area contributed by atoms with Crippen molar-refractivity contribution < 1.29 is 36.6 Å². The fourth-order valence-corrected chi connectivity index (χ4v) is 1.26. The van der Waals surface area contributed by atoms with Gasteiger partial charge in [0.25, 0.3) is 0 Å². The Morgan fingerprint density at radius 3 is 2.37 bits per heavy atom.